The molecule has 0 saturated heterocycles. The number of anilines is 2. The number of rotatable bonds is 7. The van der Waals surface area contributed by atoms with Gasteiger partial charge in [0.15, 0.2) is 18.1 Å². The summed E-state index contributed by atoms with van der Waals surface area (Å²) in [5, 5.41) is 4.48. The fraction of sp³-hybridized carbons (Fsp3) is 0.227. The number of sulfonamides is 1. The Morgan fingerprint density at radius 1 is 1.09 bits per heavy atom. The van der Waals surface area contributed by atoms with Crippen molar-refractivity contribution >= 4 is 38.6 Å². The molecule has 1 N–H and O–H groups in total. The lowest BCUT2D eigenvalue weighted by atomic mass is 10.2. The van der Waals surface area contributed by atoms with E-state index in [2.05, 4.69) is 5.32 Å². The molecular formula is C22H22N2O6S2. The van der Waals surface area contributed by atoms with Gasteiger partial charge >= 0.3 is 0 Å². The molecule has 0 atom stereocenters. The van der Waals surface area contributed by atoms with Crippen LogP contribution in [0.4, 0.5) is 11.4 Å². The molecule has 1 aliphatic rings. The van der Waals surface area contributed by atoms with Gasteiger partial charge in [-0.3, -0.25) is 9.10 Å². The van der Waals surface area contributed by atoms with Crippen LogP contribution in [-0.4, -0.2) is 41.2 Å². The molecule has 1 aromatic heterocycles. The second kappa shape index (κ2) is 9.49. The summed E-state index contributed by atoms with van der Waals surface area (Å²) in [5.74, 6) is 1.37. The second-order valence-electron chi connectivity index (χ2n) is 6.95. The van der Waals surface area contributed by atoms with Gasteiger partial charge in [-0.05, 0) is 47.8 Å². The van der Waals surface area contributed by atoms with Crippen molar-refractivity contribution < 1.29 is 27.4 Å². The van der Waals surface area contributed by atoms with E-state index in [4.69, 9.17) is 14.2 Å². The van der Waals surface area contributed by atoms with Gasteiger partial charge in [0.25, 0.3) is 15.9 Å². The first-order valence-electron chi connectivity index (χ1n) is 9.88. The number of nitrogens with one attached hydrogen (secondary N) is 1. The van der Waals surface area contributed by atoms with Crippen molar-refractivity contribution in [2.24, 2.45) is 0 Å². The van der Waals surface area contributed by atoms with E-state index in [0.29, 0.717) is 41.8 Å². The SMILES string of the molecule is CN(c1ccc(OCC(=O)Nc2ccc3c(c2)OCCCO3)cc1)S(=O)(=O)c1cccs1. The van der Waals surface area contributed by atoms with Crippen LogP contribution in [0.1, 0.15) is 6.42 Å². The van der Waals surface area contributed by atoms with E-state index in [9.17, 15) is 13.2 Å². The fourth-order valence-corrected chi connectivity index (χ4v) is 5.38. The average molecular weight is 475 g/mol. The zero-order chi connectivity index (χ0) is 22.6. The number of hydrogen-bond acceptors (Lipinski definition) is 7. The smallest absolute Gasteiger partial charge is 0.273 e. The van der Waals surface area contributed by atoms with E-state index in [1.165, 1.54) is 11.4 Å². The number of hydrogen-bond donors (Lipinski definition) is 1. The van der Waals surface area contributed by atoms with Crippen LogP contribution in [0.5, 0.6) is 17.2 Å². The molecule has 2 heterocycles. The molecule has 0 aliphatic carbocycles. The van der Waals surface area contributed by atoms with E-state index in [-0.39, 0.29) is 16.7 Å². The van der Waals surface area contributed by atoms with Gasteiger partial charge in [0, 0.05) is 25.2 Å². The van der Waals surface area contributed by atoms with Crippen molar-refractivity contribution in [1.29, 1.82) is 0 Å². The molecule has 2 aromatic carbocycles. The quantitative estimate of drug-likeness (QED) is 0.561. The van der Waals surface area contributed by atoms with Crippen LogP contribution in [0, 0.1) is 0 Å². The van der Waals surface area contributed by atoms with Crippen LogP contribution in [0.15, 0.2) is 64.2 Å². The Labute approximate surface area is 190 Å². The number of thiophene rings is 1. The maximum Gasteiger partial charge on any atom is 0.273 e. The molecule has 8 nitrogen and oxygen atoms in total. The fourth-order valence-electron chi connectivity index (χ4n) is 3.02. The number of benzene rings is 2. The van der Waals surface area contributed by atoms with Crippen LogP contribution in [0.3, 0.4) is 0 Å². The number of ether oxygens (including phenoxy) is 3. The zero-order valence-electron chi connectivity index (χ0n) is 17.3. The standard InChI is InChI=1S/C22H22N2O6S2/c1-24(32(26,27)22-4-2-13-31-22)17-6-8-18(9-7-17)30-15-21(25)23-16-5-10-19-20(14-16)29-12-3-11-28-19/h2,4-10,13-14H,3,11-12,15H2,1H3,(H,23,25). The van der Waals surface area contributed by atoms with Crippen molar-refractivity contribution in [3.8, 4) is 17.2 Å². The highest BCUT2D eigenvalue weighted by Gasteiger charge is 2.22. The molecule has 4 rings (SSSR count). The molecule has 1 amide bonds. The molecule has 0 fully saturated rings. The van der Waals surface area contributed by atoms with Gasteiger partial charge < -0.3 is 19.5 Å². The third kappa shape index (κ3) is 4.97. The molecule has 10 heteroatoms. The van der Waals surface area contributed by atoms with E-state index in [0.717, 1.165) is 17.8 Å². The van der Waals surface area contributed by atoms with Crippen molar-refractivity contribution in [2.45, 2.75) is 10.6 Å². The van der Waals surface area contributed by atoms with Crippen molar-refractivity contribution in [2.75, 3.05) is 36.5 Å². The molecular weight excluding hydrogens is 452 g/mol. The van der Waals surface area contributed by atoms with Gasteiger partial charge in [0.1, 0.15) is 9.96 Å². The van der Waals surface area contributed by atoms with Gasteiger partial charge in [0.05, 0.1) is 18.9 Å². The topological polar surface area (TPSA) is 94.2 Å². The molecule has 3 aromatic rings. The summed E-state index contributed by atoms with van der Waals surface area (Å²) in [7, 11) is -2.11. The molecule has 0 bridgehead atoms. The van der Waals surface area contributed by atoms with E-state index in [1.807, 2.05) is 0 Å². The third-order valence-corrected chi connectivity index (χ3v) is 7.87. The molecule has 0 saturated carbocycles. The molecule has 32 heavy (non-hydrogen) atoms. The Morgan fingerprint density at radius 3 is 2.56 bits per heavy atom. The molecule has 0 unspecified atom stereocenters. The monoisotopic (exact) mass is 474 g/mol. The number of fused-ring (bicyclic) bond motifs is 1. The van der Waals surface area contributed by atoms with Crippen LogP contribution >= 0.6 is 11.3 Å². The minimum Gasteiger partial charge on any atom is -0.490 e. The number of carbonyl (C=O) groups is 1. The number of nitrogens with zero attached hydrogens (tertiary/aromatic N) is 1. The first-order chi connectivity index (χ1) is 15.4. The lowest BCUT2D eigenvalue weighted by molar-refractivity contribution is -0.118. The van der Waals surface area contributed by atoms with Gasteiger partial charge in [-0.2, -0.15) is 0 Å². The lowest BCUT2D eigenvalue weighted by Gasteiger charge is -2.18. The Kier molecular flexibility index (Phi) is 6.52. The number of amides is 1. The van der Waals surface area contributed by atoms with Crippen molar-refractivity contribution in [3.05, 3.63) is 60.0 Å². The van der Waals surface area contributed by atoms with Gasteiger partial charge in [0.2, 0.25) is 0 Å². The predicted octanol–water partition coefficient (Wildman–Crippen LogP) is 3.75. The maximum absolute atomic E-state index is 12.6. The molecule has 0 spiro atoms. The number of carbonyl (C=O) groups excluding carboxylic acids is 1. The lowest BCUT2D eigenvalue weighted by Crippen LogP contribution is -2.25. The molecule has 168 valence electrons. The summed E-state index contributed by atoms with van der Waals surface area (Å²) >= 11 is 1.16. The maximum atomic E-state index is 12.6. The second-order valence-corrected chi connectivity index (χ2v) is 10.1. The minimum absolute atomic E-state index is 0.197. The highest BCUT2D eigenvalue weighted by molar-refractivity contribution is 7.94. The third-order valence-electron chi connectivity index (χ3n) is 4.71. The largest absolute Gasteiger partial charge is 0.490 e. The summed E-state index contributed by atoms with van der Waals surface area (Å²) in [4.78, 5) is 12.3. The summed E-state index contributed by atoms with van der Waals surface area (Å²) in [6, 6.07) is 15.0. The first kappa shape index (κ1) is 22.0. The van der Waals surface area contributed by atoms with Crippen molar-refractivity contribution in [1.82, 2.24) is 0 Å². The average Bonchev–Trinajstić information content (AvgIpc) is 3.25. The van der Waals surface area contributed by atoms with Crippen molar-refractivity contribution in [3.63, 3.8) is 0 Å². The van der Waals surface area contributed by atoms with E-state index >= 15 is 0 Å². The summed E-state index contributed by atoms with van der Waals surface area (Å²) < 4.78 is 43.4. The Balaban J connectivity index is 1.33. The summed E-state index contributed by atoms with van der Waals surface area (Å²) in [5.41, 5.74) is 1.07. The van der Waals surface area contributed by atoms with Gasteiger partial charge in [-0.15, -0.1) is 11.3 Å². The molecule has 1 aliphatic heterocycles. The summed E-state index contributed by atoms with van der Waals surface area (Å²) in [6.07, 6.45) is 0.804. The highest BCUT2D eigenvalue weighted by atomic mass is 32.2. The highest BCUT2D eigenvalue weighted by Crippen LogP contribution is 2.32. The van der Waals surface area contributed by atoms with Crippen LogP contribution < -0.4 is 23.8 Å². The summed E-state index contributed by atoms with van der Waals surface area (Å²) in [6.45, 7) is 0.964. The minimum atomic E-state index is -3.60. The van der Waals surface area contributed by atoms with Gasteiger partial charge in [-0.1, -0.05) is 6.07 Å². The zero-order valence-corrected chi connectivity index (χ0v) is 18.9. The van der Waals surface area contributed by atoms with Gasteiger partial charge in [-0.25, -0.2) is 8.42 Å². The van der Waals surface area contributed by atoms with Crippen LogP contribution in [0.2, 0.25) is 0 Å². The Morgan fingerprint density at radius 2 is 1.84 bits per heavy atom. The Bertz CT molecular complexity index is 1180. The normalized spacial score (nSPS) is 13.2. The van der Waals surface area contributed by atoms with E-state index in [1.54, 1.807) is 60.0 Å². The molecule has 0 radical (unpaired) electrons. The van der Waals surface area contributed by atoms with E-state index < -0.39 is 10.0 Å². The predicted molar refractivity (Wildman–Crippen MR) is 123 cm³/mol. The first-order valence-corrected chi connectivity index (χ1v) is 12.2. The van der Waals surface area contributed by atoms with Crippen LogP contribution in [0.25, 0.3) is 0 Å². The Hall–Kier alpha value is -3.24. The van der Waals surface area contributed by atoms with Crippen LogP contribution in [-0.2, 0) is 14.8 Å².